The highest BCUT2D eigenvalue weighted by Crippen LogP contribution is 2.10. The van der Waals surface area contributed by atoms with E-state index in [0.717, 1.165) is 26.2 Å². The van der Waals surface area contributed by atoms with Crippen LogP contribution in [0.15, 0.2) is 5.51 Å². The van der Waals surface area contributed by atoms with Gasteiger partial charge in [-0.1, -0.05) is 24.2 Å². The first-order valence-corrected chi connectivity index (χ1v) is 9.05. The molecule has 0 unspecified atom stereocenters. The van der Waals surface area contributed by atoms with E-state index in [4.69, 9.17) is 0 Å². The van der Waals surface area contributed by atoms with Crippen LogP contribution in [0.1, 0.15) is 38.5 Å². The van der Waals surface area contributed by atoms with Gasteiger partial charge in [-0.05, 0) is 25.9 Å². The van der Waals surface area contributed by atoms with Crippen LogP contribution in [-0.4, -0.2) is 65.0 Å². The van der Waals surface area contributed by atoms with Gasteiger partial charge in [0.1, 0.15) is 5.51 Å². The maximum Gasteiger partial charge on any atom is 0.226 e. The predicted octanol–water partition coefficient (Wildman–Crippen LogP) is 1.59. The molecule has 1 fully saturated rings. The van der Waals surface area contributed by atoms with Crippen molar-refractivity contribution >= 4 is 28.3 Å². The van der Waals surface area contributed by atoms with Gasteiger partial charge in [0, 0.05) is 33.0 Å². The van der Waals surface area contributed by atoms with Gasteiger partial charge in [-0.25, -0.2) is 0 Å². The van der Waals surface area contributed by atoms with Crippen LogP contribution >= 0.6 is 11.3 Å². The minimum Gasteiger partial charge on any atom is -0.344 e. The second kappa shape index (κ2) is 9.57. The van der Waals surface area contributed by atoms with E-state index in [1.54, 1.807) is 10.4 Å². The van der Waals surface area contributed by atoms with Crippen molar-refractivity contribution in [1.82, 2.24) is 20.0 Å². The maximum absolute atomic E-state index is 12.1. The van der Waals surface area contributed by atoms with Crippen molar-refractivity contribution in [2.24, 2.45) is 0 Å². The molecule has 7 nitrogen and oxygen atoms in total. The Kier molecular flexibility index (Phi) is 7.41. The van der Waals surface area contributed by atoms with Gasteiger partial charge in [0.05, 0.1) is 0 Å². The first-order chi connectivity index (χ1) is 11.1. The molecule has 0 aliphatic carbocycles. The molecule has 1 aromatic rings. The van der Waals surface area contributed by atoms with Crippen LogP contribution in [-0.2, 0) is 9.59 Å². The van der Waals surface area contributed by atoms with Gasteiger partial charge in [0.15, 0.2) is 0 Å². The summed E-state index contributed by atoms with van der Waals surface area (Å²) in [5.41, 5.74) is 1.55. The average molecular weight is 339 g/mol. The summed E-state index contributed by atoms with van der Waals surface area (Å²) < 4.78 is 0. The van der Waals surface area contributed by atoms with E-state index < -0.39 is 0 Å². The molecule has 128 valence electrons. The molecule has 1 saturated heterocycles. The highest BCUT2D eigenvalue weighted by atomic mass is 32.1. The second-order valence-corrected chi connectivity index (χ2v) is 6.70. The summed E-state index contributed by atoms with van der Waals surface area (Å²) in [4.78, 5) is 28.0. The van der Waals surface area contributed by atoms with Crippen LogP contribution in [0.4, 0.5) is 5.13 Å². The first-order valence-electron chi connectivity index (χ1n) is 8.17. The van der Waals surface area contributed by atoms with E-state index in [1.165, 1.54) is 37.0 Å². The Labute approximate surface area is 141 Å². The number of aromatic nitrogens is 2. The smallest absolute Gasteiger partial charge is 0.226 e. The highest BCUT2D eigenvalue weighted by molar-refractivity contribution is 7.13. The van der Waals surface area contributed by atoms with Crippen molar-refractivity contribution in [3.8, 4) is 0 Å². The third-order valence-corrected chi connectivity index (χ3v) is 4.66. The number of anilines is 1. The summed E-state index contributed by atoms with van der Waals surface area (Å²) in [7, 11) is 1.81. The number of carbonyl (C=O) groups is 2. The molecule has 0 radical (unpaired) electrons. The zero-order valence-electron chi connectivity index (χ0n) is 13.7. The lowest BCUT2D eigenvalue weighted by molar-refractivity contribution is -0.131. The predicted molar refractivity (Wildman–Crippen MR) is 90.3 cm³/mol. The van der Waals surface area contributed by atoms with E-state index in [0.29, 0.717) is 5.13 Å². The zero-order valence-corrected chi connectivity index (χ0v) is 14.5. The fourth-order valence-electron chi connectivity index (χ4n) is 2.60. The number of hydrogen-bond acceptors (Lipinski definition) is 6. The molecular weight excluding hydrogens is 314 g/mol. The monoisotopic (exact) mass is 339 g/mol. The standard InChI is InChI=1S/C15H25N5O2S/c1-19(10-11-20-8-4-2-3-5-9-20)14(22)7-6-13(21)17-15-18-16-12-23-15/h12H,2-11H2,1H3,(H,17,18,21). The molecule has 8 heteroatoms. The Hall–Kier alpha value is -1.54. The third kappa shape index (κ3) is 6.62. The Balaban J connectivity index is 1.63. The highest BCUT2D eigenvalue weighted by Gasteiger charge is 2.14. The molecule has 2 heterocycles. The van der Waals surface area contributed by atoms with E-state index in [1.807, 2.05) is 7.05 Å². The molecule has 0 saturated carbocycles. The Bertz CT molecular complexity index is 486. The number of nitrogens with one attached hydrogen (secondary N) is 1. The molecule has 1 N–H and O–H groups in total. The maximum atomic E-state index is 12.1. The van der Waals surface area contributed by atoms with Crippen molar-refractivity contribution in [3.63, 3.8) is 0 Å². The summed E-state index contributed by atoms with van der Waals surface area (Å²) in [6.07, 6.45) is 5.53. The number of likely N-dealkylation sites (tertiary alicyclic amines) is 1. The molecule has 2 rings (SSSR count). The van der Waals surface area contributed by atoms with Gasteiger partial charge < -0.3 is 15.1 Å². The SMILES string of the molecule is CN(CCN1CCCCCC1)C(=O)CCC(=O)Nc1nncs1. The van der Waals surface area contributed by atoms with Gasteiger partial charge in [-0.15, -0.1) is 10.2 Å². The molecule has 23 heavy (non-hydrogen) atoms. The summed E-state index contributed by atoms with van der Waals surface area (Å²) in [6, 6.07) is 0. The van der Waals surface area contributed by atoms with Crippen LogP contribution in [0.25, 0.3) is 0 Å². The molecule has 1 aliphatic heterocycles. The third-order valence-electron chi connectivity index (χ3n) is 4.05. The molecule has 0 atom stereocenters. The van der Waals surface area contributed by atoms with E-state index in [2.05, 4.69) is 20.4 Å². The zero-order chi connectivity index (χ0) is 16.5. The van der Waals surface area contributed by atoms with E-state index in [-0.39, 0.29) is 24.7 Å². The van der Waals surface area contributed by atoms with Crippen molar-refractivity contribution in [3.05, 3.63) is 5.51 Å². The number of amides is 2. The molecule has 0 bridgehead atoms. The van der Waals surface area contributed by atoms with Gasteiger partial charge >= 0.3 is 0 Å². The number of nitrogens with zero attached hydrogens (tertiary/aromatic N) is 4. The van der Waals surface area contributed by atoms with Crippen LogP contribution in [0.3, 0.4) is 0 Å². The van der Waals surface area contributed by atoms with Crippen LogP contribution in [0.2, 0.25) is 0 Å². The Morgan fingerprint density at radius 2 is 2.00 bits per heavy atom. The van der Waals surface area contributed by atoms with Crippen molar-refractivity contribution < 1.29 is 9.59 Å². The number of likely N-dealkylation sites (N-methyl/N-ethyl adjacent to an activating group) is 1. The molecule has 0 aromatic carbocycles. The lowest BCUT2D eigenvalue weighted by Crippen LogP contribution is -2.37. The average Bonchev–Trinajstić information content (AvgIpc) is 2.91. The minimum absolute atomic E-state index is 0.00670. The van der Waals surface area contributed by atoms with Gasteiger partial charge in [0.2, 0.25) is 16.9 Å². The van der Waals surface area contributed by atoms with Gasteiger partial charge in [-0.3, -0.25) is 9.59 Å². The first kappa shape index (κ1) is 17.8. The summed E-state index contributed by atoms with van der Waals surface area (Å²) in [5.74, 6) is -0.191. The summed E-state index contributed by atoms with van der Waals surface area (Å²) in [6.45, 7) is 3.90. The fraction of sp³-hybridized carbons (Fsp3) is 0.733. The number of rotatable bonds is 7. The topological polar surface area (TPSA) is 78.4 Å². The van der Waals surface area contributed by atoms with Crippen LogP contribution in [0.5, 0.6) is 0 Å². The van der Waals surface area contributed by atoms with E-state index in [9.17, 15) is 9.59 Å². The molecule has 1 aliphatic rings. The lowest BCUT2D eigenvalue weighted by atomic mass is 10.2. The fourth-order valence-corrected chi connectivity index (χ4v) is 3.06. The Morgan fingerprint density at radius 3 is 2.65 bits per heavy atom. The van der Waals surface area contributed by atoms with Crippen LogP contribution < -0.4 is 5.32 Å². The number of hydrogen-bond donors (Lipinski definition) is 1. The minimum atomic E-state index is -0.198. The molecular formula is C15H25N5O2S. The number of carbonyl (C=O) groups excluding carboxylic acids is 2. The van der Waals surface area contributed by atoms with Gasteiger partial charge in [-0.2, -0.15) is 0 Å². The summed E-state index contributed by atoms with van der Waals surface area (Å²) >= 11 is 1.26. The normalized spacial score (nSPS) is 15.9. The largest absolute Gasteiger partial charge is 0.344 e. The lowest BCUT2D eigenvalue weighted by Gasteiger charge is -2.24. The van der Waals surface area contributed by atoms with Gasteiger partial charge in [0.25, 0.3) is 0 Å². The quantitative estimate of drug-likeness (QED) is 0.816. The second-order valence-electron chi connectivity index (χ2n) is 5.86. The van der Waals surface area contributed by atoms with Crippen molar-refractivity contribution in [2.45, 2.75) is 38.5 Å². The summed E-state index contributed by atoms with van der Waals surface area (Å²) in [5, 5.41) is 10.5. The van der Waals surface area contributed by atoms with Crippen molar-refractivity contribution in [2.75, 3.05) is 38.5 Å². The van der Waals surface area contributed by atoms with Crippen LogP contribution in [0, 0.1) is 0 Å². The Morgan fingerprint density at radius 1 is 1.26 bits per heavy atom. The van der Waals surface area contributed by atoms with E-state index >= 15 is 0 Å². The molecule has 2 amide bonds. The molecule has 0 spiro atoms. The molecule has 1 aromatic heterocycles. The van der Waals surface area contributed by atoms with Crippen molar-refractivity contribution in [1.29, 1.82) is 0 Å².